The topological polar surface area (TPSA) is 6.48 Å². The van der Waals surface area contributed by atoms with Crippen molar-refractivity contribution in [1.82, 2.24) is 0 Å². The average molecular weight is 913 g/mol. The fraction of sp³-hybridized carbons (Fsp3) is 0. The highest BCUT2D eigenvalue weighted by Crippen LogP contribution is 2.59. The summed E-state index contributed by atoms with van der Waals surface area (Å²) in [7, 11) is 0. The average Bonchev–Trinajstić information content (AvgIpc) is 3.95. The molecule has 15 rings (SSSR count). The van der Waals surface area contributed by atoms with Crippen LogP contribution in [0.25, 0.3) is 108 Å². The molecule has 2 nitrogen and oxygen atoms in total. The summed E-state index contributed by atoms with van der Waals surface area (Å²) < 4.78 is 0. The first kappa shape index (κ1) is 40.4. The van der Waals surface area contributed by atoms with Crippen LogP contribution in [0.5, 0.6) is 0 Å². The van der Waals surface area contributed by atoms with Gasteiger partial charge in [-0.25, -0.2) is 0 Å². The zero-order valence-electron chi connectivity index (χ0n) is 39.3. The van der Waals surface area contributed by atoms with Crippen molar-refractivity contribution in [3.05, 3.63) is 267 Å². The molecule has 0 N–H and O–H groups in total. The van der Waals surface area contributed by atoms with Gasteiger partial charge >= 0.3 is 0 Å². The summed E-state index contributed by atoms with van der Waals surface area (Å²) in [5, 5.41) is 20.2. The molecule has 0 spiro atoms. The van der Waals surface area contributed by atoms with Crippen LogP contribution in [0.1, 0.15) is 0 Å². The van der Waals surface area contributed by atoms with Gasteiger partial charge in [0, 0.05) is 44.3 Å². The number of benzene rings is 13. The smallest absolute Gasteiger partial charge is 0.0546 e. The zero-order valence-corrected chi connectivity index (χ0v) is 39.3. The molecule has 0 radical (unpaired) electrons. The number of nitrogens with zero attached hydrogens (tertiary/aromatic N) is 2. The lowest BCUT2D eigenvalue weighted by molar-refractivity contribution is 1.30. The van der Waals surface area contributed by atoms with Crippen molar-refractivity contribution in [1.29, 1.82) is 0 Å². The van der Waals surface area contributed by atoms with Crippen molar-refractivity contribution in [2.75, 3.05) is 9.80 Å². The van der Waals surface area contributed by atoms with E-state index in [2.05, 4.69) is 277 Å². The van der Waals surface area contributed by atoms with E-state index in [1.807, 2.05) is 0 Å². The van der Waals surface area contributed by atoms with Gasteiger partial charge in [0.25, 0.3) is 0 Å². The molecule has 0 aliphatic rings. The molecule has 0 atom stereocenters. The molecule has 0 heterocycles. The molecule has 334 valence electrons. The van der Waals surface area contributed by atoms with Gasteiger partial charge < -0.3 is 9.80 Å². The van der Waals surface area contributed by atoms with Gasteiger partial charge in [-0.15, -0.1) is 0 Å². The highest BCUT2D eigenvalue weighted by atomic mass is 15.1. The summed E-state index contributed by atoms with van der Waals surface area (Å²) in [6.45, 7) is 0. The van der Waals surface area contributed by atoms with Crippen LogP contribution < -0.4 is 9.80 Å². The van der Waals surface area contributed by atoms with Gasteiger partial charge in [-0.2, -0.15) is 0 Å². The van der Waals surface area contributed by atoms with E-state index in [-0.39, 0.29) is 0 Å². The second-order valence-corrected chi connectivity index (χ2v) is 19.1. The Hall–Kier alpha value is -9.50. The fourth-order valence-electron chi connectivity index (χ4n) is 12.4. The van der Waals surface area contributed by atoms with E-state index >= 15 is 0 Å². The molecule has 0 saturated heterocycles. The summed E-state index contributed by atoms with van der Waals surface area (Å²) in [4.78, 5) is 4.89. The largest absolute Gasteiger partial charge is 0.310 e. The van der Waals surface area contributed by atoms with Crippen LogP contribution in [0.15, 0.2) is 267 Å². The lowest BCUT2D eigenvalue weighted by atomic mass is 9.87. The van der Waals surface area contributed by atoms with E-state index in [9.17, 15) is 0 Å². The highest BCUT2D eigenvalue weighted by Gasteiger charge is 2.31. The van der Waals surface area contributed by atoms with E-state index in [1.165, 1.54) is 108 Å². The normalized spacial score (nSPS) is 11.9. The highest BCUT2D eigenvalue weighted by molar-refractivity contribution is 6.49. The van der Waals surface area contributed by atoms with E-state index < -0.39 is 0 Å². The van der Waals surface area contributed by atoms with Crippen molar-refractivity contribution >= 4 is 120 Å². The van der Waals surface area contributed by atoms with E-state index in [0.717, 1.165) is 34.1 Å². The molecule has 15 aromatic rings. The van der Waals surface area contributed by atoms with Gasteiger partial charge in [0.15, 0.2) is 0 Å². The maximum atomic E-state index is 2.49. The first-order valence-corrected chi connectivity index (χ1v) is 24.9. The fourth-order valence-corrected chi connectivity index (χ4v) is 12.4. The van der Waals surface area contributed by atoms with Crippen LogP contribution in [-0.2, 0) is 0 Å². The van der Waals surface area contributed by atoms with Crippen LogP contribution in [0.3, 0.4) is 0 Å². The molecule has 15 aromatic carbocycles. The Morgan fingerprint density at radius 3 is 0.833 bits per heavy atom. The summed E-state index contributed by atoms with van der Waals surface area (Å²) >= 11 is 0. The van der Waals surface area contributed by atoms with E-state index in [4.69, 9.17) is 0 Å². The van der Waals surface area contributed by atoms with Crippen molar-refractivity contribution in [2.45, 2.75) is 0 Å². The Labute approximate surface area is 417 Å². The van der Waals surface area contributed by atoms with Crippen LogP contribution in [0.4, 0.5) is 34.1 Å². The third-order valence-corrected chi connectivity index (χ3v) is 15.2. The Bertz CT molecular complexity index is 4150. The van der Waals surface area contributed by atoms with Crippen LogP contribution in [-0.4, -0.2) is 0 Å². The van der Waals surface area contributed by atoms with Crippen LogP contribution >= 0.6 is 0 Å². The Balaban J connectivity index is 1.19. The lowest BCUT2D eigenvalue weighted by Crippen LogP contribution is -2.10. The van der Waals surface area contributed by atoms with Gasteiger partial charge in [0.1, 0.15) is 0 Å². The number of rotatable bonds is 8. The molecule has 2 heteroatoms. The number of hydrogen-bond donors (Lipinski definition) is 0. The summed E-state index contributed by atoms with van der Waals surface area (Å²) in [5.41, 5.74) is 11.7. The lowest BCUT2D eigenvalue weighted by Gasteiger charge is -2.27. The van der Waals surface area contributed by atoms with E-state index in [1.54, 1.807) is 0 Å². The van der Waals surface area contributed by atoms with Gasteiger partial charge in [-0.3, -0.25) is 0 Å². The molecule has 72 heavy (non-hydrogen) atoms. The maximum Gasteiger partial charge on any atom is 0.0546 e. The molecule has 0 unspecified atom stereocenters. The van der Waals surface area contributed by atoms with E-state index in [0.29, 0.717) is 0 Å². The SMILES string of the molecule is c1ccc(-c2c3c4ccc(N(c5ccccc5)c5ccccc5)c5c6ccccc6cc(c3c(-c3ccccc3)c3c6ccc(N(c7ccccc7)c7ccccc7)c7c8ccccc8cc(c23)c67)c45)cc1. The monoisotopic (exact) mass is 912 g/mol. The molecule has 0 aromatic heterocycles. The summed E-state index contributed by atoms with van der Waals surface area (Å²) in [6.07, 6.45) is 0. The first-order valence-electron chi connectivity index (χ1n) is 24.9. The number of fused-ring (bicyclic) bond motifs is 10. The minimum absolute atomic E-state index is 1.12. The molecular weight excluding hydrogens is 869 g/mol. The molecule has 0 saturated carbocycles. The molecule has 0 aliphatic heterocycles. The molecule has 0 aliphatic carbocycles. The molecule has 0 bridgehead atoms. The molecular formula is C70H44N2. The van der Waals surface area contributed by atoms with Crippen molar-refractivity contribution in [3.8, 4) is 22.3 Å². The van der Waals surface area contributed by atoms with Crippen LogP contribution in [0, 0.1) is 0 Å². The first-order chi connectivity index (χ1) is 35.8. The second kappa shape index (κ2) is 16.0. The summed E-state index contributed by atoms with van der Waals surface area (Å²) in [6, 6.07) is 98.5. The maximum absolute atomic E-state index is 2.49. The zero-order chi connectivity index (χ0) is 47.3. The molecule has 0 amide bonds. The van der Waals surface area contributed by atoms with Gasteiger partial charge in [0.05, 0.1) is 11.4 Å². The Kier molecular flexibility index (Phi) is 8.99. The predicted molar refractivity (Wildman–Crippen MR) is 309 cm³/mol. The van der Waals surface area contributed by atoms with Crippen molar-refractivity contribution in [2.24, 2.45) is 0 Å². The quantitative estimate of drug-likeness (QED) is 0.140. The minimum atomic E-state index is 1.12. The standard InChI is InChI=1S/C70H44N2/c1-7-23-45(24-8-1)61-67-55-39-41-59(71(49-29-11-3-12-30-49)50-31-13-4-14-32-50)65-54-38-22-20-28-48(54)44-58(63(55)65)70(67)62(46-25-9-2-10-26-46)68-56-40-42-60(72(51-33-15-5-16-34-51)52-35-17-6-18-36-52)66-53-37-21-19-27-47(53)43-57(64(56)66)69(61)68/h1-44H. The second-order valence-electron chi connectivity index (χ2n) is 19.1. The third-order valence-electron chi connectivity index (χ3n) is 15.2. The van der Waals surface area contributed by atoms with Gasteiger partial charge in [0.2, 0.25) is 0 Å². The predicted octanol–water partition coefficient (Wildman–Crippen LogP) is 20.1. The van der Waals surface area contributed by atoms with Crippen LogP contribution in [0.2, 0.25) is 0 Å². The van der Waals surface area contributed by atoms with Crippen molar-refractivity contribution in [3.63, 3.8) is 0 Å². The number of para-hydroxylation sites is 4. The van der Waals surface area contributed by atoms with Crippen molar-refractivity contribution < 1.29 is 0 Å². The number of hydrogen-bond acceptors (Lipinski definition) is 2. The van der Waals surface area contributed by atoms with Gasteiger partial charge in [-0.1, -0.05) is 194 Å². The third kappa shape index (κ3) is 5.90. The van der Waals surface area contributed by atoms with Gasteiger partial charge in [-0.05, 0) is 160 Å². The number of anilines is 6. The Morgan fingerprint density at radius 1 is 0.194 bits per heavy atom. The minimum Gasteiger partial charge on any atom is -0.310 e. The summed E-state index contributed by atoms with van der Waals surface area (Å²) in [5.74, 6) is 0. The molecule has 0 fully saturated rings. The Morgan fingerprint density at radius 2 is 0.486 bits per heavy atom.